The molecule has 0 saturated carbocycles. The number of nitrogens with one attached hydrogen (secondary N) is 1. The molecule has 152 valence electrons. The van der Waals surface area contributed by atoms with Crippen LogP contribution < -0.4 is 5.32 Å². The number of amides is 1. The summed E-state index contributed by atoms with van der Waals surface area (Å²) >= 11 is 1.43. The van der Waals surface area contributed by atoms with Gasteiger partial charge in [-0.2, -0.15) is 0 Å². The van der Waals surface area contributed by atoms with Gasteiger partial charge in [-0.3, -0.25) is 4.79 Å². The van der Waals surface area contributed by atoms with Crippen LogP contribution >= 0.6 is 11.8 Å². The second kappa shape index (κ2) is 9.74. The zero-order chi connectivity index (χ0) is 20.8. The van der Waals surface area contributed by atoms with E-state index in [2.05, 4.69) is 47.6 Å². The van der Waals surface area contributed by atoms with Crippen molar-refractivity contribution in [3.63, 3.8) is 0 Å². The van der Waals surface area contributed by atoms with Gasteiger partial charge in [-0.15, -0.1) is 10.2 Å². The molecule has 2 aromatic carbocycles. The van der Waals surface area contributed by atoms with Crippen LogP contribution in [0, 0.1) is 6.92 Å². The third-order valence-electron chi connectivity index (χ3n) is 4.97. The highest BCUT2D eigenvalue weighted by Gasteiger charge is 2.21. The first-order valence-electron chi connectivity index (χ1n) is 9.92. The van der Waals surface area contributed by atoms with E-state index in [0.29, 0.717) is 0 Å². The molecule has 0 aliphatic carbocycles. The fourth-order valence-corrected chi connectivity index (χ4v) is 3.97. The third kappa shape index (κ3) is 5.48. The molecule has 3 aromatic rings. The highest BCUT2D eigenvalue weighted by atomic mass is 32.2. The van der Waals surface area contributed by atoms with Gasteiger partial charge in [0.1, 0.15) is 0 Å². The van der Waals surface area contributed by atoms with Crippen molar-refractivity contribution in [1.82, 2.24) is 20.1 Å². The standard InChI is InChI=1S/C23H28N4OS/c1-16-10-8-9-13-20(16)21-25-26-23(27(21)4)29-18(3)22(28)24-17(2)14-15-19-11-6-5-7-12-19/h5-13,17-18H,14-15H2,1-4H3,(H,24,28)/t17-,18-/m1/s1. The molecule has 0 fully saturated rings. The van der Waals surface area contributed by atoms with E-state index in [1.165, 1.54) is 17.3 Å². The average molecular weight is 409 g/mol. The Hall–Kier alpha value is -2.60. The van der Waals surface area contributed by atoms with Gasteiger partial charge < -0.3 is 9.88 Å². The highest BCUT2D eigenvalue weighted by molar-refractivity contribution is 8.00. The fraction of sp³-hybridized carbons (Fsp3) is 0.348. The Bertz CT molecular complexity index is 955. The van der Waals surface area contributed by atoms with Crippen molar-refractivity contribution in [2.45, 2.75) is 50.1 Å². The van der Waals surface area contributed by atoms with Crippen LogP contribution in [0.4, 0.5) is 0 Å². The van der Waals surface area contributed by atoms with E-state index in [1.54, 1.807) is 0 Å². The van der Waals surface area contributed by atoms with Gasteiger partial charge in [0.15, 0.2) is 11.0 Å². The number of carbonyl (C=O) groups is 1. The zero-order valence-corrected chi connectivity index (χ0v) is 18.2. The molecule has 5 nitrogen and oxygen atoms in total. The van der Waals surface area contributed by atoms with Crippen molar-refractivity contribution in [3.8, 4) is 11.4 Å². The van der Waals surface area contributed by atoms with Crippen molar-refractivity contribution in [3.05, 3.63) is 65.7 Å². The maximum absolute atomic E-state index is 12.6. The topological polar surface area (TPSA) is 59.8 Å². The lowest BCUT2D eigenvalue weighted by molar-refractivity contribution is -0.120. The van der Waals surface area contributed by atoms with Gasteiger partial charge >= 0.3 is 0 Å². The Morgan fingerprint density at radius 1 is 1.07 bits per heavy atom. The van der Waals surface area contributed by atoms with Gasteiger partial charge in [0.25, 0.3) is 0 Å². The molecule has 0 radical (unpaired) electrons. The molecule has 1 heterocycles. The van der Waals surface area contributed by atoms with Crippen LogP contribution in [0.5, 0.6) is 0 Å². The number of aromatic nitrogens is 3. The van der Waals surface area contributed by atoms with E-state index in [-0.39, 0.29) is 17.2 Å². The largest absolute Gasteiger partial charge is 0.353 e. The van der Waals surface area contributed by atoms with Gasteiger partial charge in [0, 0.05) is 18.7 Å². The normalized spacial score (nSPS) is 13.1. The van der Waals surface area contributed by atoms with Crippen LogP contribution in [0.1, 0.15) is 31.4 Å². The van der Waals surface area contributed by atoms with Crippen LogP contribution in [0.2, 0.25) is 0 Å². The monoisotopic (exact) mass is 408 g/mol. The molecule has 29 heavy (non-hydrogen) atoms. The van der Waals surface area contributed by atoms with Crippen molar-refractivity contribution in [2.24, 2.45) is 7.05 Å². The van der Waals surface area contributed by atoms with Gasteiger partial charge in [0.2, 0.25) is 5.91 Å². The molecule has 0 bridgehead atoms. The Balaban J connectivity index is 1.56. The smallest absolute Gasteiger partial charge is 0.233 e. The fourth-order valence-electron chi connectivity index (χ4n) is 3.15. The minimum absolute atomic E-state index is 0.0241. The minimum Gasteiger partial charge on any atom is -0.353 e. The van der Waals surface area contributed by atoms with Gasteiger partial charge in [-0.25, -0.2) is 0 Å². The molecule has 0 unspecified atom stereocenters. The maximum atomic E-state index is 12.6. The second-order valence-electron chi connectivity index (χ2n) is 7.37. The van der Waals surface area contributed by atoms with Crippen molar-refractivity contribution < 1.29 is 4.79 Å². The van der Waals surface area contributed by atoms with E-state index in [4.69, 9.17) is 0 Å². The predicted octanol–water partition coefficient (Wildman–Crippen LogP) is 4.41. The Morgan fingerprint density at radius 2 is 1.76 bits per heavy atom. The van der Waals surface area contributed by atoms with E-state index in [9.17, 15) is 4.79 Å². The quantitative estimate of drug-likeness (QED) is 0.561. The molecule has 0 aliphatic rings. The highest BCUT2D eigenvalue weighted by Crippen LogP contribution is 2.27. The average Bonchev–Trinajstić information content (AvgIpc) is 3.07. The van der Waals surface area contributed by atoms with E-state index < -0.39 is 0 Å². The van der Waals surface area contributed by atoms with E-state index in [1.807, 2.05) is 54.9 Å². The molecule has 6 heteroatoms. The Labute approximate surface area is 176 Å². The van der Waals surface area contributed by atoms with E-state index >= 15 is 0 Å². The van der Waals surface area contributed by atoms with E-state index in [0.717, 1.165) is 34.9 Å². The number of benzene rings is 2. The summed E-state index contributed by atoms with van der Waals surface area (Å²) in [6.45, 7) is 6.02. The summed E-state index contributed by atoms with van der Waals surface area (Å²) in [5.74, 6) is 0.838. The number of hydrogen-bond acceptors (Lipinski definition) is 4. The van der Waals surface area contributed by atoms with Gasteiger partial charge in [-0.1, -0.05) is 66.4 Å². The lowest BCUT2D eigenvalue weighted by Gasteiger charge is -2.17. The van der Waals surface area contributed by atoms with Crippen molar-refractivity contribution in [1.29, 1.82) is 0 Å². The Morgan fingerprint density at radius 3 is 2.48 bits per heavy atom. The molecule has 1 amide bonds. The lowest BCUT2D eigenvalue weighted by Crippen LogP contribution is -2.38. The molecule has 2 atom stereocenters. The van der Waals surface area contributed by atoms with Gasteiger partial charge in [0.05, 0.1) is 5.25 Å². The SMILES string of the molecule is Cc1ccccc1-c1nnc(S[C@H](C)C(=O)N[C@H](C)CCc2ccccc2)n1C. The Kier molecular flexibility index (Phi) is 7.09. The number of hydrogen-bond donors (Lipinski definition) is 1. The molecule has 0 spiro atoms. The molecular weight excluding hydrogens is 380 g/mol. The summed E-state index contributed by atoms with van der Waals surface area (Å²) in [5.41, 5.74) is 3.50. The summed E-state index contributed by atoms with van der Waals surface area (Å²) in [6.07, 6.45) is 1.86. The molecule has 0 saturated heterocycles. The zero-order valence-electron chi connectivity index (χ0n) is 17.4. The summed E-state index contributed by atoms with van der Waals surface area (Å²) in [7, 11) is 1.94. The predicted molar refractivity (Wildman–Crippen MR) is 119 cm³/mol. The van der Waals surface area contributed by atoms with Crippen molar-refractivity contribution in [2.75, 3.05) is 0 Å². The van der Waals surface area contributed by atoms with Crippen LogP contribution in [0.15, 0.2) is 59.8 Å². The van der Waals surface area contributed by atoms with Crippen LogP contribution in [-0.2, 0) is 18.3 Å². The minimum atomic E-state index is -0.248. The maximum Gasteiger partial charge on any atom is 0.233 e. The summed E-state index contributed by atoms with van der Waals surface area (Å²) < 4.78 is 1.95. The first kappa shape index (κ1) is 21.1. The number of nitrogens with zero attached hydrogens (tertiary/aromatic N) is 3. The molecule has 0 aliphatic heterocycles. The van der Waals surface area contributed by atoms with Crippen LogP contribution in [-0.4, -0.2) is 32.0 Å². The first-order chi connectivity index (χ1) is 14.0. The molecule has 1 N–H and O–H groups in total. The third-order valence-corrected chi connectivity index (χ3v) is 6.10. The van der Waals surface area contributed by atoms with Crippen molar-refractivity contribution >= 4 is 17.7 Å². The number of thioether (sulfide) groups is 1. The molecule has 3 rings (SSSR count). The van der Waals surface area contributed by atoms with Crippen LogP contribution in [0.25, 0.3) is 11.4 Å². The molecule has 1 aromatic heterocycles. The number of carbonyl (C=O) groups excluding carboxylic acids is 1. The summed E-state index contributed by atoms with van der Waals surface area (Å²) in [5, 5.41) is 12.3. The molecular formula is C23H28N4OS. The number of rotatable bonds is 8. The first-order valence-corrected chi connectivity index (χ1v) is 10.8. The summed E-state index contributed by atoms with van der Waals surface area (Å²) in [6, 6.07) is 18.6. The van der Waals surface area contributed by atoms with Gasteiger partial charge in [-0.05, 0) is 44.7 Å². The number of aryl methyl sites for hydroxylation is 2. The lowest BCUT2D eigenvalue weighted by atomic mass is 10.1. The summed E-state index contributed by atoms with van der Waals surface area (Å²) in [4.78, 5) is 12.6. The van der Waals surface area contributed by atoms with Crippen LogP contribution in [0.3, 0.4) is 0 Å². The second-order valence-corrected chi connectivity index (χ2v) is 8.68.